The molecule has 0 radical (unpaired) electrons. The van der Waals surface area contributed by atoms with E-state index in [0.717, 1.165) is 24.9 Å². The van der Waals surface area contributed by atoms with E-state index in [1.165, 1.54) is 5.56 Å². The number of ether oxygens (including phenoxy) is 1. The molecule has 0 aromatic heterocycles. The summed E-state index contributed by atoms with van der Waals surface area (Å²) in [7, 11) is 0. The second-order valence-corrected chi connectivity index (χ2v) is 6.41. The zero-order chi connectivity index (χ0) is 14.8. The summed E-state index contributed by atoms with van der Waals surface area (Å²) < 4.78 is 5.64. The fourth-order valence-electron chi connectivity index (χ4n) is 2.57. The van der Waals surface area contributed by atoms with Crippen LogP contribution in [0.25, 0.3) is 0 Å². The standard InChI is InChI=1S/C17H25NO2/c1-5-20-15-9-8-12(17(2,3)4)11-13(15)16(19)14-7-6-10-18-14/h8-9,11,14,18H,5-7,10H2,1-4H3. The predicted molar refractivity (Wildman–Crippen MR) is 81.7 cm³/mol. The maximum Gasteiger partial charge on any atom is 0.183 e. The summed E-state index contributed by atoms with van der Waals surface area (Å²) in [6, 6.07) is 5.95. The van der Waals surface area contributed by atoms with Crippen LogP contribution in [0, 0.1) is 0 Å². The Labute approximate surface area is 121 Å². The number of Topliss-reactive ketones (excluding diaryl/α,β-unsaturated/α-hetero) is 1. The van der Waals surface area contributed by atoms with Crippen molar-refractivity contribution in [1.29, 1.82) is 0 Å². The molecule has 0 saturated carbocycles. The van der Waals surface area contributed by atoms with Crippen molar-refractivity contribution in [1.82, 2.24) is 5.32 Å². The molecule has 1 saturated heterocycles. The third kappa shape index (κ3) is 3.21. The second-order valence-electron chi connectivity index (χ2n) is 6.41. The summed E-state index contributed by atoms with van der Waals surface area (Å²) in [5.41, 5.74) is 1.92. The Balaban J connectivity index is 2.38. The first-order valence-electron chi connectivity index (χ1n) is 7.48. The van der Waals surface area contributed by atoms with E-state index < -0.39 is 0 Å². The zero-order valence-corrected chi connectivity index (χ0v) is 13.0. The largest absolute Gasteiger partial charge is 0.493 e. The number of carbonyl (C=O) groups is 1. The highest BCUT2D eigenvalue weighted by Crippen LogP contribution is 2.29. The van der Waals surface area contributed by atoms with Crippen LogP contribution in [-0.4, -0.2) is 25.0 Å². The molecule has 0 bridgehead atoms. The van der Waals surface area contributed by atoms with Gasteiger partial charge in [0.15, 0.2) is 5.78 Å². The molecule has 0 aliphatic carbocycles. The average Bonchev–Trinajstić information content (AvgIpc) is 2.91. The van der Waals surface area contributed by atoms with Crippen molar-refractivity contribution in [3.8, 4) is 5.75 Å². The molecule has 1 fully saturated rings. The first kappa shape index (κ1) is 15.0. The van der Waals surface area contributed by atoms with Crippen LogP contribution in [0.2, 0.25) is 0 Å². The molecule has 1 aromatic carbocycles. The van der Waals surface area contributed by atoms with Gasteiger partial charge in [0.2, 0.25) is 0 Å². The molecule has 0 amide bonds. The molecule has 1 heterocycles. The Bertz CT molecular complexity index is 482. The molecule has 3 nitrogen and oxygen atoms in total. The topological polar surface area (TPSA) is 38.3 Å². The van der Waals surface area contributed by atoms with E-state index in [1.54, 1.807) is 0 Å². The van der Waals surface area contributed by atoms with Gasteiger partial charge in [0.25, 0.3) is 0 Å². The highest BCUT2D eigenvalue weighted by atomic mass is 16.5. The first-order valence-corrected chi connectivity index (χ1v) is 7.48. The van der Waals surface area contributed by atoms with Crippen molar-refractivity contribution in [2.24, 2.45) is 0 Å². The van der Waals surface area contributed by atoms with E-state index in [0.29, 0.717) is 12.4 Å². The first-order chi connectivity index (χ1) is 9.43. The van der Waals surface area contributed by atoms with Crippen LogP contribution < -0.4 is 10.1 Å². The molecule has 1 aliphatic rings. The molecule has 2 rings (SSSR count). The van der Waals surface area contributed by atoms with Crippen molar-refractivity contribution >= 4 is 5.78 Å². The Kier molecular flexibility index (Phi) is 4.48. The van der Waals surface area contributed by atoms with Gasteiger partial charge in [-0.05, 0) is 49.4 Å². The number of rotatable bonds is 4. The molecular formula is C17H25NO2. The summed E-state index contributed by atoms with van der Waals surface area (Å²) in [4.78, 5) is 12.7. The normalized spacial score (nSPS) is 19.1. The average molecular weight is 275 g/mol. The van der Waals surface area contributed by atoms with E-state index >= 15 is 0 Å². The van der Waals surface area contributed by atoms with Crippen molar-refractivity contribution in [2.75, 3.05) is 13.2 Å². The van der Waals surface area contributed by atoms with Gasteiger partial charge in [0, 0.05) is 0 Å². The third-order valence-corrected chi connectivity index (χ3v) is 3.79. The van der Waals surface area contributed by atoms with Crippen LogP contribution in [0.1, 0.15) is 56.5 Å². The molecule has 1 atom stereocenters. The fraction of sp³-hybridized carbons (Fsp3) is 0.588. The summed E-state index contributed by atoms with van der Waals surface area (Å²) in [5.74, 6) is 0.872. The molecular weight excluding hydrogens is 250 g/mol. The lowest BCUT2D eigenvalue weighted by Crippen LogP contribution is -2.31. The molecule has 1 unspecified atom stereocenters. The van der Waals surface area contributed by atoms with Gasteiger partial charge in [-0.15, -0.1) is 0 Å². The quantitative estimate of drug-likeness (QED) is 0.857. The highest BCUT2D eigenvalue weighted by molar-refractivity contribution is 6.02. The molecule has 1 aliphatic heterocycles. The van der Waals surface area contributed by atoms with Gasteiger partial charge >= 0.3 is 0 Å². The Morgan fingerprint density at radius 2 is 2.15 bits per heavy atom. The van der Waals surface area contributed by atoms with Crippen LogP contribution in [0.5, 0.6) is 5.75 Å². The Morgan fingerprint density at radius 1 is 1.40 bits per heavy atom. The maximum absolute atomic E-state index is 12.7. The van der Waals surface area contributed by atoms with E-state index in [2.05, 4.69) is 32.2 Å². The van der Waals surface area contributed by atoms with Gasteiger partial charge in [0.05, 0.1) is 18.2 Å². The van der Waals surface area contributed by atoms with E-state index in [4.69, 9.17) is 4.74 Å². The van der Waals surface area contributed by atoms with Crippen LogP contribution in [0.4, 0.5) is 0 Å². The van der Waals surface area contributed by atoms with Crippen LogP contribution >= 0.6 is 0 Å². The van der Waals surface area contributed by atoms with Crippen molar-refractivity contribution in [2.45, 2.75) is 52.0 Å². The fourth-order valence-corrected chi connectivity index (χ4v) is 2.57. The van der Waals surface area contributed by atoms with Gasteiger partial charge in [-0.1, -0.05) is 26.8 Å². The molecule has 1 aromatic rings. The minimum atomic E-state index is -0.0515. The Morgan fingerprint density at radius 3 is 2.70 bits per heavy atom. The number of hydrogen-bond acceptors (Lipinski definition) is 3. The van der Waals surface area contributed by atoms with E-state index in [9.17, 15) is 4.79 Å². The van der Waals surface area contributed by atoms with Crippen LogP contribution in [-0.2, 0) is 5.41 Å². The van der Waals surface area contributed by atoms with Gasteiger partial charge < -0.3 is 10.1 Å². The van der Waals surface area contributed by atoms with Crippen molar-refractivity contribution < 1.29 is 9.53 Å². The van der Waals surface area contributed by atoms with Crippen molar-refractivity contribution in [3.63, 3.8) is 0 Å². The van der Waals surface area contributed by atoms with Gasteiger partial charge in [-0.2, -0.15) is 0 Å². The highest BCUT2D eigenvalue weighted by Gasteiger charge is 2.27. The SMILES string of the molecule is CCOc1ccc(C(C)(C)C)cc1C(=O)C1CCCN1. The number of hydrogen-bond donors (Lipinski definition) is 1. The zero-order valence-electron chi connectivity index (χ0n) is 13.0. The number of nitrogens with one attached hydrogen (secondary N) is 1. The minimum Gasteiger partial charge on any atom is -0.493 e. The summed E-state index contributed by atoms with van der Waals surface area (Å²) in [6.45, 7) is 9.92. The van der Waals surface area contributed by atoms with E-state index in [1.807, 2.05) is 19.1 Å². The van der Waals surface area contributed by atoms with Gasteiger partial charge in [0.1, 0.15) is 5.75 Å². The van der Waals surface area contributed by atoms with Gasteiger partial charge in [-0.25, -0.2) is 0 Å². The number of carbonyl (C=O) groups excluding carboxylic acids is 1. The van der Waals surface area contributed by atoms with Gasteiger partial charge in [-0.3, -0.25) is 4.79 Å². The minimum absolute atomic E-state index is 0.0306. The number of benzene rings is 1. The predicted octanol–water partition coefficient (Wildman–Crippen LogP) is 3.32. The lowest BCUT2D eigenvalue weighted by molar-refractivity contribution is 0.0948. The second kappa shape index (κ2) is 5.96. The van der Waals surface area contributed by atoms with E-state index in [-0.39, 0.29) is 17.2 Å². The lowest BCUT2D eigenvalue weighted by atomic mass is 9.85. The molecule has 1 N–H and O–H groups in total. The summed E-state index contributed by atoms with van der Waals surface area (Å²) >= 11 is 0. The number of ketones is 1. The summed E-state index contributed by atoms with van der Waals surface area (Å²) in [6.07, 6.45) is 1.99. The van der Waals surface area contributed by atoms with Crippen molar-refractivity contribution in [3.05, 3.63) is 29.3 Å². The molecule has 0 spiro atoms. The smallest absolute Gasteiger partial charge is 0.183 e. The summed E-state index contributed by atoms with van der Waals surface area (Å²) in [5, 5.41) is 3.28. The Hall–Kier alpha value is -1.35. The molecule has 110 valence electrons. The van der Waals surface area contributed by atoms with Crippen LogP contribution in [0.15, 0.2) is 18.2 Å². The van der Waals surface area contributed by atoms with Crippen LogP contribution in [0.3, 0.4) is 0 Å². The monoisotopic (exact) mass is 275 g/mol. The third-order valence-electron chi connectivity index (χ3n) is 3.79. The lowest BCUT2D eigenvalue weighted by Gasteiger charge is -2.22. The maximum atomic E-state index is 12.7. The molecule has 20 heavy (non-hydrogen) atoms. The molecule has 3 heteroatoms.